The molecular formula is C20H20N2O. The molecule has 1 aromatic heterocycles. The van der Waals surface area contributed by atoms with E-state index in [1.54, 1.807) is 0 Å². The van der Waals surface area contributed by atoms with Crippen molar-refractivity contribution >= 4 is 16.8 Å². The summed E-state index contributed by atoms with van der Waals surface area (Å²) in [7, 11) is 0. The van der Waals surface area contributed by atoms with Crippen LogP contribution in [0.5, 0.6) is 0 Å². The maximum atomic E-state index is 12.0. The molecule has 116 valence electrons. The summed E-state index contributed by atoms with van der Waals surface area (Å²) >= 11 is 0. The molecule has 1 amide bonds. The fraction of sp³-hybridized carbons (Fsp3) is 0.250. The molecule has 3 heteroatoms. The number of carbonyl (C=O) groups excluding carboxylic acids is 1. The van der Waals surface area contributed by atoms with E-state index < -0.39 is 0 Å². The number of amides is 1. The van der Waals surface area contributed by atoms with Crippen LogP contribution in [-0.4, -0.2) is 10.5 Å². The number of rotatable bonds is 3. The molecule has 0 radical (unpaired) electrons. The minimum absolute atomic E-state index is 0.286. The van der Waals surface area contributed by atoms with Crippen molar-refractivity contribution in [2.75, 3.05) is 0 Å². The summed E-state index contributed by atoms with van der Waals surface area (Å²) in [5.41, 5.74) is 9.87. The Hall–Kier alpha value is -2.55. The van der Waals surface area contributed by atoms with Crippen LogP contribution in [0.4, 0.5) is 0 Å². The monoisotopic (exact) mass is 305 g/mol. The molecule has 3 nitrogen and oxygen atoms in total. The first-order valence-electron chi connectivity index (χ1n) is 8.61. The highest BCUT2D eigenvalue weighted by Gasteiger charge is 2.30. The van der Waals surface area contributed by atoms with E-state index in [2.05, 4.69) is 22.8 Å². The minimum atomic E-state index is -0.313. The Morgan fingerprint density at radius 2 is 1.91 bits per heavy atom. The molecule has 1 aliphatic rings. The van der Waals surface area contributed by atoms with Gasteiger partial charge in [-0.05, 0) is 36.4 Å². The first kappa shape index (κ1) is 12.9. The molecule has 2 atom stereocenters. The highest BCUT2D eigenvalue weighted by Crippen LogP contribution is 2.39. The molecule has 0 aliphatic heterocycles. The number of nitrogens with zero attached hydrogens (tertiary/aromatic N) is 1. The minimum Gasteiger partial charge on any atom is -0.369 e. The van der Waals surface area contributed by atoms with Crippen molar-refractivity contribution in [2.24, 2.45) is 5.73 Å². The largest absolute Gasteiger partial charge is 0.369 e. The molecule has 0 bridgehead atoms. The summed E-state index contributed by atoms with van der Waals surface area (Å²) in [6.07, 6.45) is 1.02. The third-order valence-electron chi connectivity index (χ3n) is 4.72. The molecule has 4 rings (SSSR count). The van der Waals surface area contributed by atoms with Crippen LogP contribution in [0.25, 0.3) is 10.9 Å². The number of hydrogen-bond donors (Lipinski definition) is 1. The Labute approximate surface area is 137 Å². The molecule has 3 aromatic rings. The molecule has 2 aromatic carbocycles. The quantitative estimate of drug-likeness (QED) is 0.789. The van der Waals surface area contributed by atoms with Gasteiger partial charge in [0.25, 0.3) is 0 Å². The zero-order valence-corrected chi connectivity index (χ0v) is 12.9. The third-order valence-corrected chi connectivity index (χ3v) is 4.72. The van der Waals surface area contributed by atoms with E-state index in [-0.39, 0.29) is 18.2 Å². The van der Waals surface area contributed by atoms with Gasteiger partial charge in [0, 0.05) is 24.5 Å². The van der Waals surface area contributed by atoms with Crippen molar-refractivity contribution in [1.29, 1.82) is 0 Å². The third kappa shape index (κ3) is 2.33. The van der Waals surface area contributed by atoms with E-state index >= 15 is 0 Å². The molecule has 0 saturated heterocycles. The molecule has 0 spiro atoms. The van der Waals surface area contributed by atoms with Gasteiger partial charge in [0.15, 0.2) is 0 Å². The Kier molecular flexibility index (Phi) is 3.14. The van der Waals surface area contributed by atoms with Gasteiger partial charge in [-0.2, -0.15) is 0 Å². The van der Waals surface area contributed by atoms with Crippen LogP contribution in [0.15, 0.2) is 54.6 Å². The van der Waals surface area contributed by atoms with Crippen LogP contribution >= 0.6 is 0 Å². The number of aromatic nitrogens is 1. The highest BCUT2D eigenvalue weighted by molar-refractivity contribution is 5.93. The summed E-state index contributed by atoms with van der Waals surface area (Å²) in [4.78, 5) is 12.0. The second-order valence-electron chi connectivity index (χ2n) is 6.12. The topological polar surface area (TPSA) is 48.0 Å². The predicted octanol–water partition coefficient (Wildman–Crippen LogP) is 3.59. The fourth-order valence-electron chi connectivity index (χ4n) is 3.69. The summed E-state index contributed by atoms with van der Waals surface area (Å²) in [6.45, 7) is 0.706. The predicted molar refractivity (Wildman–Crippen MR) is 92.4 cm³/mol. The number of benzene rings is 2. The molecule has 23 heavy (non-hydrogen) atoms. The van der Waals surface area contributed by atoms with E-state index in [0.29, 0.717) is 19.4 Å². The van der Waals surface area contributed by atoms with Gasteiger partial charge in [0.2, 0.25) is 5.91 Å². The van der Waals surface area contributed by atoms with Crippen molar-refractivity contribution in [3.05, 3.63) is 71.4 Å². The lowest BCUT2D eigenvalue weighted by molar-refractivity contribution is -0.119. The number of primary amides is 1. The van der Waals surface area contributed by atoms with Crippen LogP contribution in [0.3, 0.4) is 0 Å². The second-order valence-corrected chi connectivity index (χ2v) is 6.12. The van der Waals surface area contributed by atoms with Gasteiger partial charge in [-0.3, -0.25) is 4.79 Å². The lowest BCUT2D eigenvalue weighted by Crippen LogP contribution is -2.25. The number of fused-ring (bicyclic) bond motifs is 3. The smallest absolute Gasteiger partial charge is 0.225 e. The van der Waals surface area contributed by atoms with Gasteiger partial charge in [-0.25, -0.2) is 0 Å². The summed E-state index contributed by atoms with van der Waals surface area (Å²) in [5.74, 6) is -0.575. The van der Waals surface area contributed by atoms with Gasteiger partial charge in [0.05, 0.1) is 5.92 Å². The normalized spacial score (nSPS) is 21.0. The number of hydrogen-bond acceptors (Lipinski definition) is 1. The first-order valence-corrected chi connectivity index (χ1v) is 8.03. The van der Waals surface area contributed by atoms with Crippen LogP contribution in [0, 0.1) is 0 Å². The van der Waals surface area contributed by atoms with Gasteiger partial charge in [0.1, 0.15) is 0 Å². The van der Waals surface area contributed by atoms with Crippen molar-refractivity contribution in [3.63, 3.8) is 0 Å². The SMILES string of the molecule is [2H]C1CCC(C(N)=O)c2c1n(Cc1ccccc1)c1ccccc21. The van der Waals surface area contributed by atoms with E-state index in [0.717, 1.165) is 22.2 Å². The molecule has 1 aliphatic carbocycles. The first-order chi connectivity index (χ1) is 11.7. The maximum absolute atomic E-state index is 12.0. The van der Waals surface area contributed by atoms with Crippen molar-refractivity contribution in [3.8, 4) is 0 Å². The van der Waals surface area contributed by atoms with Crippen LogP contribution < -0.4 is 5.73 Å². The van der Waals surface area contributed by atoms with Crippen molar-refractivity contribution in [2.45, 2.75) is 31.7 Å². The molecule has 0 fully saturated rings. The lowest BCUT2D eigenvalue weighted by Gasteiger charge is -2.22. The zero-order chi connectivity index (χ0) is 16.7. The van der Waals surface area contributed by atoms with Crippen LogP contribution in [-0.2, 0) is 17.7 Å². The summed E-state index contributed by atoms with van der Waals surface area (Å²) in [6, 6.07) is 18.3. The van der Waals surface area contributed by atoms with E-state index in [9.17, 15) is 4.79 Å². The standard InChI is InChI=1S/C20H20N2O/c21-20(23)16-10-6-12-18-19(16)15-9-4-5-11-17(15)22(18)13-14-7-2-1-3-8-14/h1-5,7-9,11,16H,6,10,12-13H2,(H2,21,23)/i12D. The number of para-hydroxylation sites is 1. The van der Waals surface area contributed by atoms with Crippen molar-refractivity contribution < 1.29 is 6.17 Å². The second kappa shape index (κ2) is 5.58. The average molecular weight is 305 g/mol. The van der Waals surface area contributed by atoms with Crippen molar-refractivity contribution in [1.82, 2.24) is 4.57 Å². The van der Waals surface area contributed by atoms with Gasteiger partial charge in [-0.15, -0.1) is 0 Å². The molecule has 0 saturated carbocycles. The van der Waals surface area contributed by atoms with E-state index in [1.165, 1.54) is 5.56 Å². The lowest BCUT2D eigenvalue weighted by atomic mass is 9.84. The van der Waals surface area contributed by atoms with E-state index in [1.807, 2.05) is 36.4 Å². The Morgan fingerprint density at radius 1 is 1.17 bits per heavy atom. The summed E-state index contributed by atoms with van der Waals surface area (Å²) in [5, 5.41) is 1.06. The Bertz CT molecular complexity index is 901. The van der Waals surface area contributed by atoms with Crippen LogP contribution in [0.1, 0.15) is 37.0 Å². The van der Waals surface area contributed by atoms with Gasteiger partial charge < -0.3 is 10.3 Å². The maximum Gasteiger partial charge on any atom is 0.225 e. The highest BCUT2D eigenvalue weighted by atomic mass is 16.1. The number of carbonyl (C=O) groups is 1. The van der Waals surface area contributed by atoms with Crippen LogP contribution in [0.2, 0.25) is 0 Å². The number of nitrogens with two attached hydrogens (primary N) is 1. The molecular weight excluding hydrogens is 284 g/mol. The summed E-state index contributed by atoms with van der Waals surface area (Å²) < 4.78 is 10.8. The Morgan fingerprint density at radius 3 is 2.70 bits per heavy atom. The van der Waals surface area contributed by atoms with Gasteiger partial charge >= 0.3 is 0 Å². The van der Waals surface area contributed by atoms with E-state index in [4.69, 9.17) is 7.10 Å². The molecule has 2 N–H and O–H groups in total. The Balaban J connectivity index is 1.96. The molecule has 2 unspecified atom stereocenters. The van der Waals surface area contributed by atoms with Gasteiger partial charge in [-0.1, -0.05) is 48.5 Å². The molecule has 1 heterocycles. The fourth-order valence-corrected chi connectivity index (χ4v) is 3.69. The average Bonchev–Trinajstić information content (AvgIpc) is 2.92. The zero-order valence-electron chi connectivity index (χ0n) is 13.9.